The van der Waals surface area contributed by atoms with E-state index in [2.05, 4.69) is 5.32 Å². The van der Waals surface area contributed by atoms with Gasteiger partial charge in [0.2, 0.25) is 0 Å². The number of dihydropyridines is 1. The molecule has 2 heterocycles. The third-order valence-electron chi connectivity index (χ3n) is 6.97. The Bertz CT molecular complexity index is 1470. The molecule has 2 aromatic rings. The number of hydrogen-bond acceptors (Lipinski definition) is 10. The highest BCUT2D eigenvalue weighted by Gasteiger charge is 2.41. The first-order valence-electron chi connectivity index (χ1n) is 13.8. The molecule has 1 N–H and O–H groups in total. The lowest BCUT2D eigenvalue weighted by Crippen LogP contribution is -2.37. The van der Waals surface area contributed by atoms with Crippen LogP contribution >= 0.6 is 23.2 Å². The molecule has 0 unspecified atom stereocenters. The zero-order chi connectivity index (χ0) is 31.8. The van der Waals surface area contributed by atoms with E-state index >= 15 is 0 Å². The Morgan fingerprint density at radius 1 is 0.841 bits per heavy atom. The Morgan fingerprint density at radius 3 is 2.11 bits per heavy atom. The Kier molecular flexibility index (Phi) is 11.5. The minimum atomic E-state index is -1.01. The number of rotatable bonds is 14. The van der Waals surface area contributed by atoms with E-state index in [-0.39, 0.29) is 79.2 Å². The van der Waals surface area contributed by atoms with Crippen molar-refractivity contribution in [2.75, 3.05) is 60.4 Å². The van der Waals surface area contributed by atoms with E-state index < -0.39 is 17.9 Å². The standard InChI is InChI=1S/C31H32Cl2N2O9/c1-4-44-31(39)26-23(17-43-15-14-42-13-12-35-28(36)18-8-5-6-9-19(18)29(35)37)34-22(16-40-2)25(30(38)41-3)24(26)20-10-7-11-21(32)27(20)33/h5-11,24,34H,4,12-17H2,1-3H3/t24-/m1/s1. The van der Waals surface area contributed by atoms with E-state index in [4.69, 9.17) is 46.9 Å². The first-order valence-corrected chi connectivity index (χ1v) is 14.5. The molecule has 0 saturated carbocycles. The third kappa shape index (κ3) is 6.98. The van der Waals surface area contributed by atoms with Crippen molar-refractivity contribution in [2.24, 2.45) is 0 Å². The van der Waals surface area contributed by atoms with E-state index in [0.717, 1.165) is 4.90 Å². The van der Waals surface area contributed by atoms with Crippen molar-refractivity contribution in [1.82, 2.24) is 10.2 Å². The van der Waals surface area contributed by atoms with Gasteiger partial charge in [-0.1, -0.05) is 47.5 Å². The van der Waals surface area contributed by atoms with E-state index in [1.165, 1.54) is 14.2 Å². The largest absolute Gasteiger partial charge is 0.466 e. The van der Waals surface area contributed by atoms with Crippen molar-refractivity contribution in [3.8, 4) is 0 Å². The minimum Gasteiger partial charge on any atom is -0.466 e. The lowest BCUT2D eigenvalue weighted by atomic mass is 9.80. The molecule has 13 heteroatoms. The van der Waals surface area contributed by atoms with Crippen molar-refractivity contribution in [2.45, 2.75) is 12.8 Å². The average molecular weight is 648 g/mol. The summed E-state index contributed by atoms with van der Waals surface area (Å²) in [4.78, 5) is 52.7. The molecule has 11 nitrogen and oxygen atoms in total. The molecule has 2 amide bonds. The van der Waals surface area contributed by atoms with Gasteiger partial charge in [0.25, 0.3) is 11.8 Å². The third-order valence-corrected chi connectivity index (χ3v) is 7.80. The van der Waals surface area contributed by atoms with Gasteiger partial charge in [-0.25, -0.2) is 9.59 Å². The molecular weight excluding hydrogens is 615 g/mol. The summed E-state index contributed by atoms with van der Waals surface area (Å²) in [6.07, 6.45) is 0. The first kappa shape index (κ1) is 33.2. The van der Waals surface area contributed by atoms with Gasteiger partial charge in [0.1, 0.15) is 0 Å². The minimum absolute atomic E-state index is 0.0142. The molecule has 0 radical (unpaired) electrons. The number of ether oxygens (including phenoxy) is 5. The zero-order valence-electron chi connectivity index (χ0n) is 24.4. The van der Waals surface area contributed by atoms with Crippen LogP contribution in [0.1, 0.15) is 39.1 Å². The van der Waals surface area contributed by atoms with Crippen LogP contribution in [0, 0.1) is 0 Å². The van der Waals surface area contributed by atoms with Crippen molar-refractivity contribution in [3.05, 3.63) is 91.7 Å². The van der Waals surface area contributed by atoms with Crippen molar-refractivity contribution >= 4 is 47.0 Å². The molecule has 0 aromatic heterocycles. The molecule has 0 bridgehead atoms. The van der Waals surface area contributed by atoms with Crippen molar-refractivity contribution < 1.29 is 42.9 Å². The van der Waals surface area contributed by atoms with Gasteiger partial charge in [0, 0.05) is 7.11 Å². The molecule has 44 heavy (non-hydrogen) atoms. The van der Waals surface area contributed by atoms with E-state index in [9.17, 15) is 19.2 Å². The fraction of sp³-hybridized carbons (Fsp3) is 0.355. The first-order chi connectivity index (χ1) is 21.2. The summed E-state index contributed by atoms with van der Waals surface area (Å²) in [7, 11) is 2.70. The summed E-state index contributed by atoms with van der Waals surface area (Å²) >= 11 is 12.9. The highest BCUT2D eigenvalue weighted by molar-refractivity contribution is 6.42. The molecule has 1 atom stereocenters. The number of halogens is 2. The molecule has 0 fully saturated rings. The van der Waals surface area contributed by atoms with E-state index in [1.807, 2.05) is 0 Å². The zero-order valence-corrected chi connectivity index (χ0v) is 26.0. The highest BCUT2D eigenvalue weighted by Crippen LogP contribution is 2.43. The van der Waals surface area contributed by atoms with Crippen LogP contribution in [0.5, 0.6) is 0 Å². The number of fused-ring (bicyclic) bond motifs is 1. The number of benzene rings is 2. The summed E-state index contributed by atoms with van der Waals surface area (Å²) in [5.74, 6) is -3.09. The molecule has 2 aliphatic rings. The van der Waals surface area contributed by atoms with E-state index in [0.29, 0.717) is 28.1 Å². The average Bonchev–Trinajstić information content (AvgIpc) is 3.26. The molecule has 2 aliphatic heterocycles. The summed E-state index contributed by atoms with van der Waals surface area (Å²) in [5, 5.41) is 3.51. The topological polar surface area (TPSA) is 130 Å². The molecule has 0 aliphatic carbocycles. The maximum absolute atomic E-state index is 13.4. The Morgan fingerprint density at radius 2 is 1.48 bits per heavy atom. The van der Waals surface area contributed by atoms with Gasteiger partial charge in [0.15, 0.2) is 0 Å². The predicted molar refractivity (Wildman–Crippen MR) is 160 cm³/mol. The fourth-order valence-electron chi connectivity index (χ4n) is 5.03. The number of carbonyl (C=O) groups excluding carboxylic acids is 4. The van der Waals surface area contributed by atoms with Crippen LogP contribution in [0.25, 0.3) is 0 Å². The maximum Gasteiger partial charge on any atom is 0.336 e. The lowest BCUT2D eigenvalue weighted by Gasteiger charge is -2.32. The predicted octanol–water partition coefficient (Wildman–Crippen LogP) is 3.90. The highest BCUT2D eigenvalue weighted by atomic mass is 35.5. The second-order valence-corrected chi connectivity index (χ2v) is 10.4. The molecule has 2 aromatic carbocycles. The quantitative estimate of drug-likeness (QED) is 0.183. The van der Waals surface area contributed by atoms with Crippen LogP contribution in [0.3, 0.4) is 0 Å². The molecular formula is C31H32Cl2N2O9. The van der Waals surface area contributed by atoms with Crippen LogP contribution in [0.2, 0.25) is 10.0 Å². The number of imide groups is 1. The Labute approximate surface area is 264 Å². The number of amides is 2. The molecule has 0 spiro atoms. The molecule has 4 rings (SSSR count). The number of nitrogens with one attached hydrogen (secondary N) is 1. The lowest BCUT2D eigenvalue weighted by molar-refractivity contribution is -0.139. The summed E-state index contributed by atoms with van der Waals surface area (Å²) in [5.41, 5.74) is 2.04. The van der Waals surface area contributed by atoms with Gasteiger partial charge >= 0.3 is 11.9 Å². The molecule has 0 saturated heterocycles. The second-order valence-electron chi connectivity index (χ2n) is 9.60. The SMILES string of the molecule is CCOC(=O)C1=C(COCCOCCN2C(=O)c3ccccc3C2=O)NC(COC)=C(C(=O)OC)[C@H]1c1cccc(Cl)c1Cl. The van der Waals surface area contributed by atoms with Crippen molar-refractivity contribution in [3.63, 3.8) is 0 Å². The molecule has 234 valence electrons. The van der Waals surface area contributed by atoms with E-state index in [1.54, 1.807) is 49.4 Å². The Balaban J connectivity index is 1.49. The van der Waals surface area contributed by atoms with Gasteiger partial charge in [-0.05, 0) is 30.7 Å². The van der Waals surface area contributed by atoms with Gasteiger partial charge in [-0.2, -0.15) is 0 Å². The monoisotopic (exact) mass is 646 g/mol. The van der Waals surface area contributed by atoms with Gasteiger partial charge in [0.05, 0.1) is 103 Å². The van der Waals surface area contributed by atoms with Crippen LogP contribution in [0.4, 0.5) is 0 Å². The summed E-state index contributed by atoms with van der Waals surface area (Å²) in [6.45, 7) is 2.10. The van der Waals surface area contributed by atoms with Gasteiger partial charge in [-0.15, -0.1) is 0 Å². The summed E-state index contributed by atoms with van der Waals surface area (Å²) < 4.78 is 27.3. The number of methoxy groups -OCH3 is 2. The van der Waals surface area contributed by atoms with Crippen molar-refractivity contribution in [1.29, 1.82) is 0 Å². The van der Waals surface area contributed by atoms with Gasteiger partial charge in [-0.3, -0.25) is 14.5 Å². The number of hydrogen-bond donors (Lipinski definition) is 1. The van der Waals surface area contributed by atoms with Crippen LogP contribution in [-0.2, 0) is 33.3 Å². The number of carbonyl (C=O) groups is 4. The maximum atomic E-state index is 13.4. The number of nitrogens with zero attached hydrogens (tertiary/aromatic N) is 1. The smallest absolute Gasteiger partial charge is 0.336 e. The second kappa shape index (κ2) is 15.3. The van der Waals surface area contributed by atoms with Crippen LogP contribution < -0.4 is 5.32 Å². The van der Waals surface area contributed by atoms with Crippen LogP contribution in [0.15, 0.2) is 65.0 Å². The fourth-order valence-corrected chi connectivity index (χ4v) is 5.45. The normalized spacial score (nSPS) is 16.3. The summed E-state index contributed by atoms with van der Waals surface area (Å²) in [6, 6.07) is 11.6. The Hall–Kier alpha value is -3.74. The van der Waals surface area contributed by atoms with Gasteiger partial charge < -0.3 is 29.0 Å². The van der Waals surface area contributed by atoms with Crippen LogP contribution in [-0.4, -0.2) is 89.1 Å². The number of esters is 2.